The van der Waals surface area contributed by atoms with E-state index < -0.39 is 24.5 Å². The van der Waals surface area contributed by atoms with Gasteiger partial charge in [0.15, 0.2) is 6.10 Å². The lowest BCUT2D eigenvalue weighted by molar-refractivity contribution is -0.228. The minimum Gasteiger partial charge on any atom is -0.382 e. The smallest absolute Gasteiger partial charge is 0.382 e. The summed E-state index contributed by atoms with van der Waals surface area (Å²) < 4.78 is 41.7. The summed E-state index contributed by atoms with van der Waals surface area (Å²) in [5.41, 5.74) is 4.94. The molecule has 1 aliphatic rings. The molecular weight excluding hydrogens is 235 g/mol. The van der Waals surface area contributed by atoms with Crippen molar-refractivity contribution >= 4 is 0 Å². The molecule has 6 heteroatoms. The second kappa shape index (κ2) is 6.02. The molecule has 1 saturated carbocycles. The Kier molecular flexibility index (Phi) is 5.22. The van der Waals surface area contributed by atoms with Gasteiger partial charge in [-0.2, -0.15) is 13.2 Å². The Morgan fingerprint density at radius 1 is 1.18 bits per heavy atom. The summed E-state index contributed by atoms with van der Waals surface area (Å²) in [5.74, 6) is 0. The minimum absolute atomic E-state index is 0.206. The van der Waals surface area contributed by atoms with Gasteiger partial charge in [-0.15, -0.1) is 0 Å². The van der Waals surface area contributed by atoms with Gasteiger partial charge in [0.25, 0.3) is 0 Å². The summed E-state index contributed by atoms with van der Waals surface area (Å²) in [6, 6.07) is 0. The number of nitrogens with two attached hydrogens (primary N) is 1. The van der Waals surface area contributed by atoms with Crippen molar-refractivity contribution < 1.29 is 23.0 Å². The van der Waals surface area contributed by atoms with Gasteiger partial charge in [0, 0.05) is 6.54 Å². The molecule has 3 N–H and O–H groups in total. The van der Waals surface area contributed by atoms with Gasteiger partial charge >= 0.3 is 6.18 Å². The average Bonchev–Trinajstić information content (AvgIpc) is 2.50. The average molecular weight is 255 g/mol. The number of rotatable bonds is 4. The van der Waals surface area contributed by atoms with Crippen molar-refractivity contribution in [1.82, 2.24) is 0 Å². The van der Waals surface area contributed by atoms with Crippen molar-refractivity contribution in [3.8, 4) is 0 Å². The highest BCUT2D eigenvalue weighted by Gasteiger charge is 2.40. The quantitative estimate of drug-likeness (QED) is 0.755. The first-order chi connectivity index (χ1) is 7.90. The normalized spacial score (nSPS) is 23.1. The van der Waals surface area contributed by atoms with Crippen molar-refractivity contribution in [2.24, 2.45) is 5.73 Å². The molecule has 17 heavy (non-hydrogen) atoms. The summed E-state index contributed by atoms with van der Waals surface area (Å²) in [6.45, 7) is -0.516. The van der Waals surface area contributed by atoms with Crippen LogP contribution in [0.4, 0.5) is 13.2 Å². The standard InChI is InChI=1S/C11H20F3NO2/c12-11(13,14)9(16)7-17-10(8-15)5-3-1-2-4-6-10/h9,16H,1-8,15H2. The monoisotopic (exact) mass is 255 g/mol. The lowest BCUT2D eigenvalue weighted by Gasteiger charge is -2.32. The largest absolute Gasteiger partial charge is 0.416 e. The molecule has 0 aromatic carbocycles. The Bertz CT molecular complexity index is 225. The van der Waals surface area contributed by atoms with E-state index in [0.717, 1.165) is 25.7 Å². The molecule has 1 atom stereocenters. The first-order valence-corrected chi connectivity index (χ1v) is 5.98. The van der Waals surface area contributed by atoms with Gasteiger partial charge < -0.3 is 15.6 Å². The highest BCUT2D eigenvalue weighted by molar-refractivity contribution is 4.85. The molecule has 0 radical (unpaired) electrons. The number of aliphatic hydroxyl groups is 1. The number of alkyl halides is 3. The molecule has 3 nitrogen and oxygen atoms in total. The number of hydrogen-bond donors (Lipinski definition) is 2. The molecule has 1 unspecified atom stereocenters. The van der Waals surface area contributed by atoms with Crippen molar-refractivity contribution in [3.05, 3.63) is 0 Å². The van der Waals surface area contributed by atoms with Gasteiger partial charge in [0.05, 0.1) is 12.2 Å². The van der Waals surface area contributed by atoms with E-state index in [2.05, 4.69) is 0 Å². The van der Waals surface area contributed by atoms with Crippen LogP contribution < -0.4 is 5.73 Å². The van der Waals surface area contributed by atoms with E-state index in [9.17, 15) is 13.2 Å². The van der Waals surface area contributed by atoms with Gasteiger partial charge in [0.1, 0.15) is 0 Å². The van der Waals surface area contributed by atoms with E-state index in [1.165, 1.54) is 0 Å². The molecule has 0 aliphatic heterocycles. The minimum atomic E-state index is -4.62. The first-order valence-electron chi connectivity index (χ1n) is 5.98. The lowest BCUT2D eigenvalue weighted by atomic mass is 9.94. The fourth-order valence-electron chi connectivity index (χ4n) is 2.13. The molecule has 102 valence electrons. The van der Waals surface area contributed by atoms with E-state index >= 15 is 0 Å². The molecule has 0 aromatic heterocycles. The Morgan fingerprint density at radius 3 is 2.12 bits per heavy atom. The molecule has 0 bridgehead atoms. The summed E-state index contributed by atoms with van der Waals surface area (Å²) in [5, 5.41) is 8.91. The molecular formula is C11H20F3NO2. The first kappa shape index (κ1) is 14.7. The van der Waals surface area contributed by atoms with E-state index in [0.29, 0.717) is 12.8 Å². The van der Waals surface area contributed by atoms with E-state index in [1.54, 1.807) is 0 Å². The van der Waals surface area contributed by atoms with Gasteiger partial charge in [-0.25, -0.2) is 0 Å². The maximum atomic E-state index is 12.2. The Hall–Kier alpha value is -0.330. The van der Waals surface area contributed by atoms with Gasteiger partial charge in [-0.05, 0) is 12.8 Å². The Balaban J connectivity index is 2.50. The highest BCUT2D eigenvalue weighted by atomic mass is 19.4. The van der Waals surface area contributed by atoms with Crippen LogP contribution in [-0.2, 0) is 4.74 Å². The molecule has 0 amide bonds. The van der Waals surface area contributed by atoms with Crippen LogP contribution in [0.1, 0.15) is 38.5 Å². The van der Waals surface area contributed by atoms with Crippen molar-refractivity contribution in [2.75, 3.05) is 13.2 Å². The van der Waals surface area contributed by atoms with E-state index in [-0.39, 0.29) is 6.54 Å². The second-order valence-electron chi connectivity index (χ2n) is 4.67. The zero-order chi connectivity index (χ0) is 12.9. The van der Waals surface area contributed by atoms with Crippen LogP contribution >= 0.6 is 0 Å². The number of hydrogen-bond acceptors (Lipinski definition) is 3. The van der Waals surface area contributed by atoms with Gasteiger partial charge in [-0.1, -0.05) is 25.7 Å². The maximum absolute atomic E-state index is 12.2. The molecule has 1 aliphatic carbocycles. The summed E-state index contributed by atoms with van der Waals surface area (Å²) >= 11 is 0. The van der Waals surface area contributed by atoms with Crippen molar-refractivity contribution in [1.29, 1.82) is 0 Å². The highest BCUT2D eigenvalue weighted by Crippen LogP contribution is 2.31. The van der Waals surface area contributed by atoms with Crippen molar-refractivity contribution in [3.63, 3.8) is 0 Å². The number of halogens is 3. The van der Waals surface area contributed by atoms with Crippen LogP contribution in [0.25, 0.3) is 0 Å². The molecule has 0 saturated heterocycles. The Labute approximate surface area is 99.1 Å². The van der Waals surface area contributed by atoms with Crippen LogP contribution in [0.2, 0.25) is 0 Å². The van der Waals surface area contributed by atoms with Crippen LogP contribution in [0, 0.1) is 0 Å². The molecule has 0 heterocycles. The summed E-state index contributed by atoms with van der Waals surface area (Å²) in [4.78, 5) is 0. The SMILES string of the molecule is NCC1(OCC(O)C(F)(F)F)CCCCCC1. The predicted octanol–water partition coefficient (Wildman–Crippen LogP) is 1.98. The van der Waals surface area contributed by atoms with E-state index in [4.69, 9.17) is 15.6 Å². The Morgan fingerprint density at radius 2 is 1.71 bits per heavy atom. The van der Waals surface area contributed by atoms with Gasteiger partial charge in [0.2, 0.25) is 0 Å². The summed E-state index contributed by atoms with van der Waals surface area (Å²) in [6.07, 6.45) is -1.74. The zero-order valence-electron chi connectivity index (χ0n) is 9.80. The predicted molar refractivity (Wildman–Crippen MR) is 57.5 cm³/mol. The van der Waals surface area contributed by atoms with Crippen LogP contribution in [0.15, 0.2) is 0 Å². The van der Waals surface area contributed by atoms with Gasteiger partial charge in [-0.3, -0.25) is 0 Å². The topological polar surface area (TPSA) is 55.5 Å². The molecule has 0 spiro atoms. The third-order valence-corrected chi connectivity index (χ3v) is 3.31. The third-order valence-electron chi connectivity index (χ3n) is 3.31. The molecule has 0 aromatic rings. The molecule has 1 rings (SSSR count). The zero-order valence-corrected chi connectivity index (χ0v) is 9.80. The summed E-state index contributed by atoms with van der Waals surface area (Å²) in [7, 11) is 0. The van der Waals surface area contributed by atoms with Crippen LogP contribution in [0.3, 0.4) is 0 Å². The number of aliphatic hydroxyl groups excluding tert-OH is 1. The van der Waals surface area contributed by atoms with Crippen LogP contribution in [0.5, 0.6) is 0 Å². The fraction of sp³-hybridized carbons (Fsp3) is 1.00. The fourth-order valence-corrected chi connectivity index (χ4v) is 2.13. The maximum Gasteiger partial charge on any atom is 0.416 e. The number of ether oxygens (including phenoxy) is 1. The van der Waals surface area contributed by atoms with Crippen LogP contribution in [-0.4, -0.2) is 36.1 Å². The lowest BCUT2D eigenvalue weighted by Crippen LogP contribution is -2.44. The van der Waals surface area contributed by atoms with E-state index in [1.807, 2.05) is 0 Å². The second-order valence-corrected chi connectivity index (χ2v) is 4.67. The molecule has 1 fully saturated rings. The van der Waals surface area contributed by atoms with Crippen molar-refractivity contribution in [2.45, 2.75) is 56.4 Å². The third kappa shape index (κ3) is 4.44.